The largest absolute Gasteiger partial charge is 0.350 e. The van der Waals surface area contributed by atoms with Crippen molar-refractivity contribution in [2.24, 2.45) is 0 Å². The number of carbonyl (C=O) groups is 1. The molecule has 1 N–H and O–H groups in total. The van der Waals surface area contributed by atoms with Crippen LogP contribution in [0.15, 0.2) is 48.8 Å². The summed E-state index contributed by atoms with van der Waals surface area (Å²) in [6, 6.07) is 9.17. The lowest BCUT2D eigenvalue weighted by molar-refractivity contribution is -0.122. The van der Waals surface area contributed by atoms with Gasteiger partial charge in [-0.3, -0.25) is 14.1 Å². The topological polar surface area (TPSA) is 79.4 Å². The zero-order chi connectivity index (χ0) is 18.4. The lowest BCUT2D eigenvalue weighted by Gasteiger charge is -2.30. The minimum Gasteiger partial charge on any atom is -0.350 e. The van der Waals surface area contributed by atoms with Gasteiger partial charge in [-0.1, -0.05) is 30.7 Å². The molecule has 0 saturated carbocycles. The summed E-state index contributed by atoms with van der Waals surface area (Å²) in [7, 11) is -3.67. The molecule has 1 heterocycles. The van der Waals surface area contributed by atoms with Gasteiger partial charge in [0.1, 0.15) is 6.04 Å². The van der Waals surface area contributed by atoms with E-state index in [0.717, 1.165) is 16.1 Å². The summed E-state index contributed by atoms with van der Waals surface area (Å²) in [5.74, 6) is -0.378. The van der Waals surface area contributed by atoms with Crippen LogP contribution in [-0.4, -0.2) is 31.6 Å². The molecule has 1 amide bonds. The smallest absolute Gasteiger partial charge is 0.244 e. The van der Waals surface area contributed by atoms with Gasteiger partial charge in [0, 0.05) is 24.0 Å². The molecule has 1 aromatic carbocycles. The van der Waals surface area contributed by atoms with Crippen molar-refractivity contribution in [1.29, 1.82) is 0 Å². The second kappa shape index (κ2) is 8.31. The molecule has 0 saturated heterocycles. The summed E-state index contributed by atoms with van der Waals surface area (Å²) < 4.78 is 25.7. The maximum Gasteiger partial charge on any atom is 0.244 e. The fraction of sp³-hybridized carbons (Fsp3) is 0.294. The van der Waals surface area contributed by atoms with Crippen LogP contribution >= 0.6 is 11.6 Å². The number of halogens is 1. The highest BCUT2D eigenvalue weighted by atomic mass is 35.5. The number of hydrogen-bond donors (Lipinski definition) is 1. The Balaban J connectivity index is 2.25. The van der Waals surface area contributed by atoms with Gasteiger partial charge < -0.3 is 5.32 Å². The normalized spacial score (nSPS) is 12.4. The third-order valence-corrected chi connectivity index (χ3v) is 5.00. The molecule has 0 aliphatic rings. The van der Waals surface area contributed by atoms with Gasteiger partial charge in [0.05, 0.1) is 11.9 Å². The van der Waals surface area contributed by atoms with Gasteiger partial charge in [0.25, 0.3) is 0 Å². The van der Waals surface area contributed by atoms with E-state index < -0.39 is 16.1 Å². The van der Waals surface area contributed by atoms with E-state index in [2.05, 4.69) is 10.3 Å². The second-order valence-electron chi connectivity index (χ2n) is 5.54. The van der Waals surface area contributed by atoms with Gasteiger partial charge >= 0.3 is 0 Å². The number of nitrogens with zero attached hydrogens (tertiary/aromatic N) is 2. The highest BCUT2D eigenvalue weighted by Gasteiger charge is 2.31. The van der Waals surface area contributed by atoms with Crippen LogP contribution in [0, 0.1) is 0 Å². The SMILES string of the molecule is CC[C@H](C(=O)NCc1cccnc1)N(c1cccc(Cl)c1)S(C)(=O)=O. The van der Waals surface area contributed by atoms with E-state index in [1.165, 1.54) is 6.07 Å². The number of amides is 1. The molecule has 134 valence electrons. The standard InChI is InChI=1S/C17H20ClN3O3S/c1-3-16(17(22)20-12-13-6-5-9-19-11-13)21(25(2,23)24)15-8-4-7-14(18)10-15/h4-11,16H,3,12H2,1-2H3,(H,20,22)/t16-/m1/s1. The van der Waals surface area contributed by atoms with Crippen molar-refractivity contribution in [3.8, 4) is 0 Å². The van der Waals surface area contributed by atoms with Crippen molar-refractivity contribution >= 4 is 33.2 Å². The number of anilines is 1. The summed E-state index contributed by atoms with van der Waals surface area (Å²) in [5.41, 5.74) is 1.19. The fourth-order valence-electron chi connectivity index (χ4n) is 2.48. The van der Waals surface area contributed by atoms with E-state index in [4.69, 9.17) is 11.6 Å². The highest BCUT2D eigenvalue weighted by Crippen LogP contribution is 2.25. The number of rotatable bonds is 7. The summed E-state index contributed by atoms with van der Waals surface area (Å²) >= 11 is 5.98. The molecule has 0 bridgehead atoms. The molecule has 0 fully saturated rings. The van der Waals surface area contributed by atoms with Crippen molar-refractivity contribution in [2.75, 3.05) is 10.6 Å². The highest BCUT2D eigenvalue weighted by molar-refractivity contribution is 7.92. The van der Waals surface area contributed by atoms with E-state index in [1.54, 1.807) is 43.6 Å². The Hall–Kier alpha value is -2.12. The second-order valence-corrected chi connectivity index (χ2v) is 7.84. The van der Waals surface area contributed by atoms with E-state index in [9.17, 15) is 13.2 Å². The molecule has 0 unspecified atom stereocenters. The van der Waals surface area contributed by atoms with E-state index in [-0.39, 0.29) is 12.5 Å². The number of aromatic nitrogens is 1. The van der Waals surface area contributed by atoms with E-state index >= 15 is 0 Å². The number of nitrogens with one attached hydrogen (secondary N) is 1. The van der Waals surface area contributed by atoms with Gasteiger partial charge in [-0.15, -0.1) is 0 Å². The first-order valence-electron chi connectivity index (χ1n) is 7.74. The molecule has 0 aliphatic carbocycles. The molecule has 2 aromatic rings. The van der Waals surface area contributed by atoms with Crippen LogP contribution < -0.4 is 9.62 Å². The first-order chi connectivity index (χ1) is 11.8. The molecule has 8 heteroatoms. The number of sulfonamides is 1. The third kappa shape index (κ3) is 5.17. The quantitative estimate of drug-likeness (QED) is 0.799. The Morgan fingerprint density at radius 2 is 2.08 bits per heavy atom. The van der Waals surface area contributed by atoms with E-state index in [1.807, 2.05) is 6.07 Å². The number of pyridine rings is 1. The fourth-order valence-corrected chi connectivity index (χ4v) is 3.87. The molecular weight excluding hydrogens is 362 g/mol. The van der Waals surface area contributed by atoms with Crippen LogP contribution in [0.1, 0.15) is 18.9 Å². The van der Waals surface area contributed by atoms with Crippen LogP contribution in [0.5, 0.6) is 0 Å². The Bertz CT molecular complexity index is 828. The predicted octanol–water partition coefficient (Wildman–Crippen LogP) is 2.60. The monoisotopic (exact) mass is 381 g/mol. The van der Waals surface area contributed by atoms with Crippen LogP contribution in [0.25, 0.3) is 0 Å². The zero-order valence-corrected chi connectivity index (χ0v) is 15.6. The number of hydrogen-bond acceptors (Lipinski definition) is 4. The Labute approximate surface area is 152 Å². The van der Waals surface area contributed by atoms with Crippen molar-refractivity contribution < 1.29 is 13.2 Å². The lowest BCUT2D eigenvalue weighted by atomic mass is 10.2. The summed E-state index contributed by atoms with van der Waals surface area (Å²) in [6.45, 7) is 2.04. The molecule has 6 nitrogen and oxygen atoms in total. The van der Waals surface area contributed by atoms with Crippen molar-refractivity contribution in [3.05, 3.63) is 59.4 Å². The maximum atomic E-state index is 12.6. The number of carbonyl (C=O) groups excluding carboxylic acids is 1. The zero-order valence-electron chi connectivity index (χ0n) is 14.0. The van der Waals surface area contributed by atoms with E-state index in [0.29, 0.717) is 17.1 Å². The molecular formula is C17H20ClN3O3S. The minimum absolute atomic E-state index is 0.274. The molecule has 1 atom stereocenters. The first kappa shape index (κ1) is 19.2. The summed E-state index contributed by atoms with van der Waals surface area (Å²) in [5, 5.41) is 3.17. The van der Waals surface area contributed by atoms with Crippen LogP contribution in [0.2, 0.25) is 5.02 Å². The first-order valence-corrected chi connectivity index (χ1v) is 9.97. The minimum atomic E-state index is -3.67. The lowest BCUT2D eigenvalue weighted by Crippen LogP contribution is -2.49. The Kier molecular flexibility index (Phi) is 6.39. The van der Waals surface area contributed by atoms with Gasteiger partial charge in [-0.2, -0.15) is 0 Å². The molecule has 0 spiro atoms. The molecule has 1 aromatic heterocycles. The summed E-state index contributed by atoms with van der Waals surface area (Å²) in [6.07, 6.45) is 4.68. The molecule has 0 radical (unpaired) electrons. The van der Waals surface area contributed by atoms with Crippen LogP contribution in [0.3, 0.4) is 0 Å². The Morgan fingerprint density at radius 3 is 2.64 bits per heavy atom. The average Bonchev–Trinajstić information content (AvgIpc) is 2.57. The van der Waals surface area contributed by atoms with Gasteiger partial charge in [0.2, 0.25) is 15.9 Å². The summed E-state index contributed by atoms with van der Waals surface area (Å²) in [4.78, 5) is 16.6. The van der Waals surface area contributed by atoms with Crippen molar-refractivity contribution in [1.82, 2.24) is 10.3 Å². The molecule has 25 heavy (non-hydrogen) atoms. The van der Waals surface area contributed by atoms with Crippen LogP contribution in [-0.2, 0) is 21.4 Å². The Morgan fingerprint density at radius 1 is 1.32 bits per heavy atom. The maximum absolute atomic E-state index is 12.6. The third-order valence-electron chi connectivity index (χ3n) is 3.58. The predicted molar refractivity (Wildman–Crippen MR) is 98.9 cm³/mol. The van der Waals surface area contributed by atoms with Crippen molar-refractivity contribution in [3.63, 3.8) is 0 Å². The van der Waals surface area contributed by atoms with Crippen molar-refractivity contribution in [2.45, 2.75) is 25.9 Å². The van der Waals surface area contributed by atoms with Gasteiger partial charge in [-0.25, -0.2) is 8.42 Å². The number of benzene rings is 1. The van der Waals surface area contributed by atoms with Gasteiger partial charge in [0.15, 0.2) is 0 Å². The van der Waals surface area contributed by atoms with Gasteiger partial charge in [-0.05, 0) is 36.2 Å². The van der Waals surface area contributed by atoms with Crippen LogP contribution in [0.4, 0.5) is 5.69 Å². The molecule has 0 aliphatic heterocycles. The molecule has 2 rings (SSSR count). The average molecular weight is 382 g/mol.